The second kappa shape index (κ2) is 9.48. The fourth-order valence-corrected chi connectivity index (χ4v) is 4.47. The Morgan fingerprint density at radius 3 is 1.61 bits per heavy atom. The lowest BCUT2D eigenvalue weighted by molar-refractivity contribution is -0.000647. The van der Waals surface area contributed by atoms with Crippen molar-refractivity contribution < 1.29 is 4.74 Å². The smallest absolute Gasteiger partial charge is 0.0951 e. The largest absolute Gasteiger partial charge is 0.398 e. The summed E-state index contributed by atoms with van der Waals surface area (Å²) < 4.78 is 5.88. The molecule has 0 unspecified atom stereocenters. The molecule has 1 aliphatic rings. The van der Waals surface area contributed by atoms with Crippen LogP contribution in [0.2, 0.25) is 0 Å². The monoisotopic (exact) mass is 402 g/mol. The molecule has 0 saturated carbocycles. The maximum atomic E-state index is 5.88. The van der Waals surface area contributed by atoms with E-state index in [-0.39, 0.29) is 12.1 Å². The highest BCUT2D eigenvalue weighted by Gasteiger charge is 2.41. The van der Waals surface area contributed by atoms with Crippen LogP contribution >= 0.6 is 0 Å². The maximum absolute atomic E-state index is 5.88. The Morgan fingerprint density at radius 1 is 0.742 bits per heavy atom. The topological polar surface area (TPSA) is 33.3 Å². The van der Waals surface area contributed by atoms with Gasteiger partial charge in [0.1, 0.15) is 0 Å². The molecular weight excluding hydrogens is 377 g/mol. The third-order valence-corrected chi connectivity index (χ3v) is 5.80. The van der Waals surface area contributed by atoms with Crippen molar-refractivity contribution >= 4 is 23.5 Å². The maximum Gasteiger partial charge on any atom is 0.0951 e. The number of benzene rings is 3. The minimum absolute atomic E-state index is 0.0793. The summed E-state index contributed by atoms with van der Waals surface area (Å²) in [5, 5.41) is 5.72. The summed E-state index contributed by atoms with van der Waals surface area (Å²) in [5.74, 6) is 0. The Hall–Kier alpha value is -2.27. The summed E-state index contributed by atoms with van der Waals surface area (Å²) in [6.07, 6.45) is 0.510. The molecule has 0 amide bonds. The lowest BCUT2D eigenvalue weighted by atomic mass is 9.52. The van der Waals surface area contributed by atoms with Crippen LogP contribution in [0, 0.1) is 0 Å². The molecule has 0 aromatic heterocycles. The van der Waals surface area contributed by atoms with E-state index in [1.807, 2.05) is 18.2 Å². The first-order valence-electron chi connectivity index (χ1n) is 10.7. The molecular formula is C25H25B3N2O. The molecule has 31 heavy (non-hydrogen) atoms. The van der Waals surface area contributed by atoms with Crippen molar-refractivity contribution in [1.29, 1.82) is 0 Å². The van der Waals surface area contributed by atoms with Gasteiger partial charge in [0.15, 0.2) is 0 Å². The van der Waals surface area contributed by atoms with Crippen LogP contribution in [0.1, 0.15) is 23.1 Å². The molecule has 1 heterocycles. The fourth-order valence-electron chi connectivity index (χ4n) is 4.47. The molecule has 3 aromatic rings. The van der Waals surface area contributed by atoms with Gasteiger partial charge in [0.05, 0.1) is 35.2 Å². The summed E-state index contributed by atoms with van der Waals surface area (Å²) >= 11 is 0. The van der Waals surface area contributed by atoms with Crippen LogP contribution < -0.4 is 10.6 Å². The lowest BCUT2D eigenvalue weighted by Gasteiger charge is -2.45. The highest BCUT2D eigenvalue weighted by Crippen LogP contribution is 2.38. The van der Waals surface area contributed by atoms with Crippen molar-refractivity contribution in [3.8, 4) is 0 Å². The standard InChI is InChI=1S/C25H25B3N2O/c26-25(27,28)31-23-16-17-29-18-22(23)30-24(19-10-4-1-5-11-19,20-12-6-2-7-13-20)21-14-8-3-9-15-21/h1-15,22-23,29-30H,16-18H2/t22-,23+/m0/s1. The van der Waals surface area contributed by atoms with Crippen LogP contribution in [0.3, 0.4) is 0 Å². The van der Waals surface area contributed by atoms with Gasteiger partial charge in [-0.05, 0) is 35.0 Å². The number of hydrogen-bond donors (Lipinski definition) is 2. The summed E-state index contributed by atoms with van der Waals surface area (Å²) in [5.41, 5.74) is 2.80. The van der Waals surface area contributed by atoms with Gasteiger partial charge < -0.3 is 10.1 Å². The van der Waals surface area contributed by atoms with E-state index in [4.69, 9.17) is 28.3 Å². The van der Waals surface area contributed by atoms with Gasteiger partial charge in [-0.2, -0.15) is 0 Å². The van der Waals surface area contributed by atoms with Crippen LogP contribution in [0.25, 0.3) is 0 Å². The third kappa shape index (κ3) is 4.98. The van der Waals surface area contributed by atoms with Gasteiger partial charge >= 0.3 is 0 Å². The molecule has 3 aromatic carbocycles. The Labute approximate surface area is 189 Å². The zero-order chi connectivity index (χ0) is 21.7. The molecule has 6 radical (unpaired) electrons. The molecule has 1 aliphatic heterocycles. The van der Waals surface area contributed by atoms with E-state index in [1.165, 1.54) is 0 Å². The fraction of sp³-hybridized carbons (Fsp3) is 0.280. The summed E-state index contributed by atoms with van der Waals surface area (Å²) in [6, 6.07) is 31.3. The van der Waals surface area contributed by atoms with Crippen molar-refractivity contribution in [2.75, 3.05) is 13.1 Å². The first-order chi connectivity index (χ1) is 15.0. The van der Waals surface area contributed by atoms with Crippen LogP contribution in [-0.2, 0) is 10.3 Å². The van der Waals surface area contributed by atoms with Gasteiger partial charge in [-0.25, -0.2) is 0 Å². The van der Waals surface area contributed by atoms with E-state index in [9.17, 15) is 0 Å². The second-order valence-corrected chi connectivity index (χ2v) is 8.10. The van der Waals surface area contributed by atoms with E-state index in [2.05, 4.69) is 83.4 Å². The SMILES string of the molecule is [B]C([B])([B])O[C@@H]1CCNC[C@@H]1NC(c1ccccc1)(c1ccccc1)c1ccccc1. The molecule has 1 fully saturated rings. The molecule has 4 rings (SSSR count). The number of rotatable bonds is 7. The Kier molecular flexibility index (Phi) is 6.71. The average Bonchev–Trinajstić information content (AvgIpc) is 2.79. The van der Waals surface area contributed by atoms with Crippen LogP contribution in [0.15, 0.2) is 91.0 Å². The lowest BCUT2D eigenvalue weighted by Crippen LogP contribution is -2.61. The van der Waals surface area contributed by atoms with Crippen molar-refractivity contribution in [2.24, 2.45) is 0 Å². The normalized spacial score (nSPS) is 19.7. The molecule has 0 bridgehead atoms. The van der Waals surface area contributed by atoms with E-state index in [0.717, 1.165) is 29.7 Å². The van der Waals surface area contributed by atoms with Crippen molar-refractivity contribution in [3.63, 3.8) is 0 Å². The quantitative estimate of drug-likeness (QED) is 0.471. The highest BCUT2D eigenvalue weighted by molar-refractivity contribution is 6.58. The molecule has 2 atom stereocenters. The third-order valence-electron chi connectivity index (χ3n) is 5.80. The molecule has 2 N–H and O–H groups in total. The average molecular weight is 402 g/mol. The van der Waals surface area contributed by atoms with Gasteiger partial charge in [-0.1, -0.05) is 91.0 Å². The number of piperidine rings is 1. The molecule has 150 valence electrons. The molecule has 0 spiro atoms. The number of nitrogens with one attached hydrogen (secondary N) is 2. The van der Waals surface area contributed by atoms with Gasteiger partial charge in [0, 0.05) is 12.6 Å². The predicted octanol–water partition coefficient (Wildman–Crippen LogP) is 2.43. The van der Waals surface area contributed by atoms with Gasteiger partial charge in [-0.15, -0.1) is 0 Å². The minimum atomic E-state index is -1.68. The molecule has 6 heteroatoms. The van der Waals surface area contributed by atoms with E-state index < -0.39 is 10.8 Å². The van der Waals surface area contributed by atoms with Crippen LogP contribution in [0.4, 0.5) is 0 Å². The zero-order valence-electron chi connectivity index (χ0n) is 17.6. The van der Waals surface area contributed by atoms with E-state index in [1.54, 1.807) is 0 Å². The first kappa shape index (κ1) is 21.9. The summed E-state index contributed by atoms with van der Waals surface area (Å²) in [6.45, 7) is 1.52. The molecule has 0 aliphatic carbocycles. The van der Waals surface area contributed by atoms with Crippen molar-refractivity contribution in [1.82, 2.24) is 10.6 Å². The predicted molar refractivity (Wildman–Crippen MR) is 128 cm³/mol. The minimum Gasteiger partial charge on any atom is -0.398 e. The Bertz CT molecular complexity index is 852. The number of hydrogen-bond acceptors (Lipinski definition) is 3. The van der Waals surface area contributed by atoms with Gasteiger partial charge in [0.25, 0.3) is 0 Å². The second-order valence-electron chi connectivity index (χ2n) is 8.10. The Morgan fingerprint density at radius 2 is 1.19 bits per heavy atom. The Balaban J connectivity index is 1.86. The van der Waals surface area contributed by atoms with Gasteiger partial charge in [-0.3, -0.25) is 5.32 Å². The van der Waals surface area contributed by atoms with Crippen LogP contribution in [-0.4, -0.2) is 54.1 Å². The summed E-state index contributed by atoms with van der Waals surface area (Å²) in [7, 11) is 17.4. The van der Waals surface area contributed by atoms with Crippen LogP contribution in [0.5, 0.6) is 0 Å². The van der Waals surface area contributed by atoms with Crippen molar-refractivity contribution in [3.05, 3.63) is 108 Å². The van der Waals surface area contributed by atoms with E-state index in [0.29, 0.717) is 6.54 Å². The number of ether oxygens (including phenoxy) is 1. The van der Waals surface area contributed by atoms with E-state index >= 15 is 0 Å². The van der Waals surface area contributed by atoms with Crippen molar-refractivity contribution in [2.45, 2.75) is 29.4 Å². The summed E-state index contributed by atoms with van der Waals surface area (Å²) in [4.78, 5) is 0. The highest BCUT2D eigenvalue weighted by atomic mass is 16.5. The zero-order valence-corrected chi connectivity index (χ0v) is 17.6. The molecule has 3 nitrogen and oxygen atoms in total. The molecule has 1 saturated heterocycles. The van der Waals surface area contributed by atoms with Gasteiger partial charge in [0.2, 0.25) is 0 Å². The first-order valence-corrected chi connectivity index (χ1v) is 10.7.